The number of aryl methyl sites for hydroxylation is 2. The number of nitriles is 1. The van der Waals surface area contributed by atoms with Crippen molar-refractivity contribution in [1.29, 1.82) is 5.26 Å². The second kappa shape index (κ2) is 5.98. The fourth-order valence-corrected chi connectivity index (χ4v) is 2.64. The first kappa shape index (κ1) is 14.9. The number of nitrogens with one attached hydrogen (secondary N) is 2. The maximum absolute atomic E-state index is 12.3. The summed E-state index contributed by atoms with van der Waals surface area (Å²) in [7, 11) is 0. The van der Waals surface area contributed by atoms with Crippen LogP contribution in [0.5, 0.6) is 0 Å². The third kappa shape index (κ3) is 2.95. The zero-order valence-corrected chi connectivity index (χ0v) is 13.1. The van der Waals surface area contributed by atoms with E-state index in [9.17, 15) is 4.79 Å². The molecule has 0 radical (unpaired) electrons. The Balaban J connectivity index is 1.78. The van der Waals surface area contributed by atoms with Gasteiger partial charge >= 0.3 is 0 Å². The van der Waals surface area contributed by atoms with E-state index >= 15 is 0 Å². The second-order valence-electron chi connectivity index (χ2n) is 5.63. The number of benzene rings is 2. The van der Waals surface area contributed by atoms with E-state index in [1.165, 1.54) is 0 Å². The van der Waals surface area contributed by atoms with Gasteiger partial charge < -0.3 is 10.3 Å². The van der Waals surface area contributed by atoms with Gasteiger partial charge in [-0.3, -0.25) is 4.79 Å². The molecule has 0 unspecified atom stereocenters. The van der Waals surface area contributed by atoms with Crippen molar-refractivity contribution in [1.82, 2.24) is 10.3 Å². The molecule has 0 fully saturated rings. The first-order chi connectivity index (χ1) is 11.1. The summed E-state index contributed by atoms with van der Waals surface area (Å²) in [6.07, 6.45) is 0. The van der Waals surface area contributed by atoms with Crippen LogP contribution in [-0.2, 0) is 6.54 Å². The standard InChI is InChI=1S/C19H17N3O/c1-12-13(2)22-18-7-6-16(9-17(12)18)19(23)21-11-15-5-3-4-14(8-15)10-20/h3-9,22H,11H2,1-2H3,(H,21,23). The lowest BCUT2D eigenvalue weighted by molar-refractivity contribution is 0.0951. The monoisotopic (exact) mass is 303 g/mol. The zero-order valence-electron chi connectivity index (χ0n) is 13.1. The number of hydrogen-bond donors (Lipinski definition) is 2. The highest BCUT2D eigenvalue weighted by Crippen LogP contribution is 2.22. The van der Waals surface area contributed by atoms with E-state index < -0.39 is 0 Å². The summed E-state index contributed by atoms with van der Waals surface area (Å²) in [5.74, 6) is -0.118. The molecule has 0 atom stereocenters. The molecule has 4 heteroatoms. The molecule has 0 saturated carbocycles. The Kier molecular flexibility index (Phi) is 3.86. The van der Waals surface area contributed by atoms with Gasteiger partial charge in [-0.2, -0.15) is 5.26 Å². The smallest absolute Gasteiger partial charge is 0.251 e. The third-order valence-electron chi connectivity index (χ3n) is 4.08. The number of nitrogens with zero attached hydrogens (tertiary/aromatic N) is 1. The van der Waals surface area contributed by atoms with Crippen LogP contribution in [0.1, 0.15) is 32.7 Å². The average molecular weight is 303 g/mol. The molecule has 0 spiro atoms. The molecule has 3 rings (SSSR count). The van der Waals surface area contributed by atoms with Gasteiger partial charge in [0.15, 0.2) is 0 Å². The maximum Gasteiger partial charge on any atom is 0.251 e. The van der Waals surface area contributed by atoms with Crippen molar-refractivity contribution in [3.63, 3.8) is 0 Å². The summed E-state index contributed by atoms with van der Waals surface area (Å²) >= 11 is 0. The summed E-state index contributed by atoms with van der Waals surface area (Å²) in [6.45, 7) is 4.47. The zero-order chi connectivity index (χ0) is 16.4. The number of rotatable bonds is 3. The van der Waals surface area contributed by atoms with Crippen LogP contribution in [0.3, 0.4) is 0 Å². The quantitative estimate of drug-likeness (QED) is 0.776. The highest BCUT2D eigenvalue weighted by molar-refractivity contribution is 5.99. The first-order valence-electron chi connectivity index (χ1n) is 7.44. The van der Waals surface area contributed by atoms with Crippen molar-refractivity contribution >= 4 is 16.8 Å². The summed E-state index contributed by atoms with van der Waals surface area (Å²) in [4.78, 5) is 15.6. The lowest BCUT2D eigenvalue weighted by atomic mass is 10.1. The minimum absolute atomic E-state index is 0.118. The molecule has 2 aromatic carbocycles. The van der Waals surface area contributed by atoms with Gasteiger partial charge in [-0.1, -0.05) is 12.1 Å². The molecule has 0 saturated heterocycles. The molecule has 4 nitrogen and oxygen atoms in total. The van der Waals surface area contributed by atoms with Crippen LogP contribution in [0.4, 0.5) is 0 Å². The van der Waals surface area contributed by atoms with Crippen molar-refractivity contribution in [3.05, 3.63) is 70.4 Å². The summed E-state index contributed by atoms with van der Waals surface area (Å²) in [5, 5.41) is 12.9. The van der Waals surface area contributed by atoms with Crippen molar-refractivity contribution in [2.24, 2.45) is 0 Å². The van der Waals surface area contributed by atoms with Gasteiger partial charge in [0, 0.05) is 28.7 Å². The van der Waals surface area contributed by atoms with Gasteiger partial charge in [-0.15, -0.1) is 0 Å². The van der Waals surface area contributed by atoms with Gasteiger partial charge in [0.2, 0.25) is 0 Å². The lowest BCUT2D eigenvalue weighted by Crippen LogP contribution is -2.22. The molecule has 0 aliphatic rings. The molecule has 1 heterocycles. The largest absolute Gasteiger partial charge is 0.358 e. The van der Waals surface area contributed by atoms with Crippen LogP contribution in [0, 0.1) is 25.2 Å². The number of aromatic amines is 1. The minimum Gasteiger partial charge on any atom is -0.358 e. The number of H-pyrrole nitrogens is 1. The first-order valence-corrected chi connectivity index (χ1v) is 7.44. The van der Waals surface area contributed by atoms with Crippen LogP contribution in [0.15, 0.2) is 42.5 Å². The minimum atomic E-state index is -0.118. The molecule has 1 amide bonds. The number of fused-ring (bicyclic) bond motifs is 1. The molecule has 0 bridgehead atoms. The van der Waals surface area contributed by atoms with E-state index in [4.69, 9.17) is 5.26 Å². The normalized spacial score (nSPS) is 10.5. The van der Waals surface area contributed by atoms with E-state index in [-0.39, 0.29) is 5.91 Å². The summed E-state index contributed by atoms with van der Waals surface area (Å²) in [5.41, 5.74) is 5.46. The molecular weight excluding hydrogens is 286 g/mol. The van der Waals surface area contributed by atoms with Crippen molar-refractivity contribution in [2.45, 2.75) is 20.4 Å². The van der Waals surface area contributed by atoms with E-state index in [0.717, 1.165) is 27.7 Å². The molecule has 1 aromatic heterocycles. The van der Waals surface area contributed by atoms with E-state index in [1.807, 2.05) is 44.2 Å². The Morgan fingerprint density at radius 3 is 2.83 bits per heavy atom. The molecule has 3 aromatic rings. The van der Waals surface area contributed by atoms with E-state index in [0.29, 0.717) is 17.7 Å². The predicted molar refractivity (Wildman–Crippen MR) is 90.1 cm³/mol. The third-order valence-corrected chi connectivity index (χ3v) is 4.08. The Hall–Kier alpha value is -3.06. The lowest BCUT2D eigenvalue weighted by Gasteiger charge is -2.06. The number of carbonyl (C=O) groups is 1. The number of amides is 1. The Bertz CT molecular complexity index is 931. The predicted octanol–water partition coefficient (Wildman–Crippen LogP) is 3.59. The van der Waals surface area contributed by atoms with Crippen LogP contribution in [0.25, 0.3) is 10.9 Å². The Labute approximate surface area is 134 Å². The van der Waals surface area contributed by atoms with Gasteiger partial charge in [0.25, 0.3) is 5.91 Å². The highest BCUT2D eigenvalue weighted by atomic mass is 16.1. The SMILES string of the molecule is Cc1[nH]c2ccc(C(=O)NCc3cccc(C#N)c3)cc2c1C. The van der Waals surface area contributed by atoms with Crippen LogP contribution in [-0.4, -0.2) is 10.9 Å². The highest BCUT2D eigenvalue weighted by Gasteiger charge is 2.10. The van der Waals surface area contributed by atoms with Gasteiger partial charge in [-0.25, -0.2) is 0 Å². The average Bonchev–Trinajstić information content (AvgIpc) is 2.87. The topological polar surface area (TPSA) is 68.7 Å². The van der Waals surface area contributed by atoms with Gasteiger partial charge in [-0.05, 0) is 55.3 Å². The van der Waals surface area contributed by atoms with Gasteiger partial charge in [0.05, 0.1) is 11.6 Å². The van der Waals surface area contributed by atoms with Crippen LogP contribution >= 0.6 is 0 Å². The van der Waals surface area contributed by atoms with Crippen molar-refractivity contribution in [3.8, 4) is 6.07 Å². The molecule has 114 valence electrons. The number of aromatic nitrogens is 1. The van der Waals surface area contributed by atoms with Crippen molar-refractivity contribution < 1.29 is 4.79 Å². The molecular formula is C19H17N3O. The molecule has 0 aliphatic heterocycles. The van der Waals surface area contributed by atoms with Crippen LogP contribution < -0.4 is 5.32 Å². The number of hydrogen-bond acceptors (Lipinski definition) is 2. The van der Waals surface area contributed by atoms with Gasteiger partial charge in [0.1, 0.15) is 0 Å². The van der Waals surface area contributed by atoms with E-state index in [2.05, 4.69) is 16.4 Å². The Morgan fingerprint density at radius 2 is 2.04 bits per heavy atom. The van der Waals surface area contributed by atoms with E-state index in [1.54, 1.807) is 12.1 Å². The second-order valence-corrected chi connectivity index (χ2v) is 5.63. The number of carbonyl (C=O) groups excluding carboxylic acids is 1. The molecule has 0 aliphatic carbocycles. The molecule has 2 N–H and O–H groups in total. The summed E-state index contributed by atoms with van der Waals surface area (Å²) < 4.78 is 0. The molecule has 23 heavy (non-hydrogen) atoms. The fourth-order valence-electron chi connectivity index (χ4n) is 2.64. The maximum atomic E-state index is 12.3. The Morgan fingerprint density at radius 1 is 1.22 bits per heavy atom. The van der Waals surface area contributed by atoms with Crippen LogP contribution in [0.2, 0.25) is 0 Å². The van der Waals surface area contributed by atoms with Crippen molar-refractivity contribution in [2.75, 3.05) is 0 Å². The summed E-state index contributed by atoms with van der Waals surface area (Å²) in [6, 6.07) is 15.0. The fraction of sp³-hybridized carbons (Fsp3) is 0.158.